The summed E-state index contributed by atoms with van der Waals surface area (Å²) in [6.07, 6.45) is 0. The van der Waals surface area contributed by atoms with E-state index >= 15 is 0 Å². The first-order chi connectivity index (χ1) is 12.6. The molecule has 26 heavy (non-hydrogen) atoms. The van der Waals surface area contributed by atoms with Crippen molar-refractivity contribution >= 4 is 52.7 Å². The van der Waals surface area contributed by atoms with Crippen LogP contribution in [0.3, 0.4) is 0 Å². The van der Waals surface area contributed by atoms with Gasteiger partial charge < -0.3 is 13.9 Å². The van der Waals surface area contributed by atoms with Crippen molar-refractivity contribution in [1.29, 1.82) is 0 Å². The van der Waals surface area contributed by atoms with Crippen LogP contribution in [0.5, 0.6) is 0 Å². The number of carbonyl (C=O) groups is 1. The minimum absolute atomic E-state index is 0.0620. The van der Waals surface area contributed by atoms with Gasteiger partial charge in [0.25, 0.3) is 0 Å². The molecule has 1 aromatic carbocycles. The van der Waals surface area contributed by atoms with E-state index in [2.05, 4.69) is 0 Å². The number of fused-ring (bicyclic) bond motifs is 1. The molecule has 0 bridgehead atoms. The van der Waals surface area contributed by atoms with E-state index in [0.29, 0.717) is 24.5 Å². The van der Waals surface area contributed by atoms with Crippen LogP contribution in [-0.2, 0) is 14.3 Å². The second-order valence-electron chi connectivity index (χ2n) is 5.82. The van der Waals surface area contributed by atoms with Gasteiger partial charge >= 0.3 is 5.97 Å². The smallest absolute Gasteiger partial charge is 0.308 e. The quantitative estimate of drug-likeness (QED) is 0.217. The monoisotopic (exact) mass is 412 g/mol. The predicted octanol–water partition coefficient (Wildman–Crippen LogP) is 5.20. The number of benzene rings is 1. The zero-order valence-electron chi connectivity index (χ0n) is 15.1. The summed E-state index contributed by atoms with van der Waals surface area (Å²) < 4.78 is 16.8. The van der Waals surface area contributed by atoms with E-state index < -0.39 is 0 Å². The Morgan fingerprint density at radius 3 is 2.69 bits per heavy atom. The minimum Gasteiger partial charge on any atom is -0.465 e. The zero-order valence-corrected chi connectivity index (χ0v) is 17.5. The SMILES string of the molecule is CC(C)C(=O)OCCSCCOCCSc1cc(=S)oc2ccccc12. The Labute approximate surface area is 168 Å². The molecule has 0 spiro atoms. The number of carbonyl (C=O) groups excluding carboxylic acids is 1. The Hall–Kier alpha value is -1.02. The van der Waals surface area contributed by atoms with Crippen LogP contribution in [0, 0.1) is 10.6 Å². The molecule has 142 valence electrons. The number of ether oxygens (including phenoxy) is 2. The van der Waals surface area contributed by atoms with E-state index in [0.717, 1.165) is 33.1 Å². The molecule has 0 aliphatic rings. The Bertz CT molecular complexity index is 758. The first-order valence-electron chi connectivity index (χ1n) is 8.55. The fraction of sp³-hybridized carbons (Fsp3) is 0.474. The van der Waals surface area contributed by atoms with E-state index in [1.165, 1.54) is 0 Å². The van der Waals surface area contributed by atoms with Crippen molar-refractivity contribution in [2.24, 2.45) is 5.92 Å². The summed E-state index contributed by atoms with van der Waals surface area (Å²) in [6, 6.07) is 9.81. The Morgan fingerprint density at radius 1 is 1.15 bits per heavy atom. The van der Waals surface area contributed by atoms with Gasteiger partial charge in [-0.2, -0.15) is 11.8 Å². The standard InChI is InChI=1S/C19H24O4S3/c1-14(2)19(20)22-9-11-25-10-7-21-8-12-26-17-13-18(24)23-16-6-4-3-5-15(16)17/h3-6,13-14H,7-12H2,1-2H3. The third-order valence-electron chi connectivity index (χ3n) is 3.41. The number of esters is 1. The lowest BCUT2D eigenvalue weighted by atomic mass is 10.2. The molecule has 0 N–H and O–H groups in total. The van der Waals surface area contributed by atoms with Crippen LogP contribution in [0.25, 0.3) is 11.0 Å². The predicted molar refractivity (Wildman–Crippen MR) is 112 cm³/mol. The van der Waals surface area contributed by atoms with Crippen LogP contribution in [0.1, 0.15) is 13.8 Å². The van der Waals surface area contributed by atoms with E-state index in [1.54, 1.807) is 23.5 Å². The van der Waals surface area contributed by atoms with Gasteiger partial charge in [0.2, 0.25) is 0 Å². The van der Waals surface area contributed by atoms with E-state index in [-0.39, 0.29) is 11.9 Å². The maximum Gasteiger partial charge on any atom is 0.308 e. The van der Waals surface area contributed by atoms with Crippen LogP contribution in [0.4, 0.5) is 0 Å². The summed E-state index contributed by atoms with van der Waals surface area (Å²) in [4.78, 5) is 12.4. The van der Waals surface area contributed by atoms with Crippen molar-refractivity contribution in [1.82, 2.24) is 0 Å². The number of hydrogen-bond donors (Lipinski definition) is 0. The molecular weight excluding hydrogens is 388 g/mol. The molecular formula is C19H24O4S3. The molecule has 2 aromatic rings. The average molecular weight is 413 g/mol. The highest BCUT2D eigenvalue weighted by atomic mass is 32.2. The third-order valence-corrected chi connectivity index (χ3v) is 5.54. The molecule has 0 atom stereocenters. The van der Waals surface area contributed by atoms with Crippen LogP contribution >= 0.6 is 35.7 Å². The van der Waals surface area contributed by atoms with Gasteiger partial charge in [0.05, 0.1) is 19.1 Å². The number of para-hydroxylation sites is 1. The van der Waals surface area contributed by atoms with Crippen LogP contribution in [0.15, 0.2) is 39.6 Å². The molecule has 0 aliphatic carbocycles. The summed E-state index contributed by atoms with van der Waals surface area (Å²) in [7, 11) is 0. The van der Waals surface area contributed by atoms with Crippen molar-refractivity contribution < 1.29 is 18.7 Å². The third kappa shape index (κ3) is 7.31. The molecule has 0 amide bonds. The average Bonchev–Trinajstić information content (AvgIpc) is 2.62. The van der Waals surface area contributed by atoms with Gasteiger partial charge in [-0.15, -0.1) is 11.8 Å². The lowest BCUT2D eigenvalue weighted by Crippen LogP contribution is -2.13. The topological polar surface area (TPSA) is 48.7 Å². The normalized spacial score (nSPS) is 11.2. The lowest BCUT2D eigenvalue weighted by Gasteiger charge is -2.08. The summed E-state index contributed by atoms with van der Waals surface area (Å²) >= 11 is 8.64. The maximum atomic E-state index is 11.3. The Balaban J connectivity index is 1.58. The molecule has 0 radical (unpaired) electrons. The van der Waals surface area contributed by atoms with Gasteiger partial charge in [-0.1, -0.05) is 32.0 Å². The molecule has 2 rings (SSSR count). The van der Waals surface area contributed by atoms with Gasteiger partial charge in [-0.25, -0.2) is 0 Å². The summed E-state index contributed by atoms with van der Waals surface area (Å²) in [5.74, 6) is 2.36. The highest BCUT2D eigenvalue weighted by Gasteiger charge is 2.07. The van der Waals surface area contributed by atoms with Crippen molar-refractivity contribution in [3.05, 3.63) is 35.0 Å². The zero-order chi connectivity index (χ0) is 18.8. The van der Waals surface area contributed by atoms with Gasteiger partial charge in [0.15, 0.2) is 4.71 Å². The summed E-state index contributed by atoms with van der Waals surface area (Å²) in [6.45, 7) is 5.52. The molecule has 7 heteroatoms. The lowest BCUT2D eigenvalue weighted by molar-refractivity contribution is -0.146. The Kier molecular flexibility index (Phi) is 9.53. The maximum absolute atomic E-state index is 11.3. The second kappa shape index (κ2) is 11.6. The highest BCUT2D eigenvalue weighted by Crippen LogP contribution is 2.28. The molecule has 1 aromatic heterocycles. The van der Waals surface area contributed by atoms with E-state index in [1.807, 2.05) is 44.2 Å². The van der Waals surface area contributed by atoms with Crippen LogP contribution in [-0.4, -0.2) is 43.0 Å². The minimum atomic E-state index is -0.137. The van der Waals surface area contributed by atoms with Gasteiger partial charge in [0, 0.05) is 33.6 Å². The molecule has 0 saturated carbocycles. The van der Waals surface area contributed by atoms with Crippen molar-refractivity contribution in [2.75, 3.05) is 37.1 Å². The summed E-state index contributed by atoms with van der Waals surface area (Å²) in [5.41, 5.74) is 0.818. The highest BCUT2D eigenvalue weighted by molar-refractivity contribution is 7.99. The van der Waals surface area contributed by atoms with Gasteiger partial charge in [-0.05, 0) is 18.3 Å². The summed E-state index contributed by atoms with van der Waals surface area (Å²) in [5, 5.41) is 1.08. The number of rotatable bonds is 11. The fourth-order valence-electron chi connectivity index (χ4n) is 2.10. The molecule has 0 saturated heterocycles. The first-order valence-corrected chi connectivity index (χ1v) is 11.1. The van der Waals surface area contributed by atoms with Crippen LogP contribution < -0.4 is 0 Å². The van der Waals surface area contributed by atoms with Gasteiger partial charge in [-0.3, -0.25) is 4.79 Å². The van der Waals surface area contributed by atoms with E-state index in [4.69, 9.17) is 26.1 Å². The molecule has 4 nitrogen and oxygen atoms in total. The molecule has 1 heterocycles. The van der Waals surface area contributed by atoms with Crippen molar-refractivity contribution in [3.8, 4) is 0 Å². The second-order valence-corrected chi connectivity index (χ2v) is 8.59. The Morgan fingerprint density at radius 2 is 1.88 bits per heavy atom. The largest absolute Gasteiger partial charge is 0.465 e. The number of hydrogen-bond acceptors (Lipinski definition) is 7. The molecule has 0 unspecified atom stereocenters. The van der Waals surface area contributed by atoms with Crippen molar-refractivity contribution in [3.63, 3.8) is 0 Å². The number of thioether (sulfide) groups is 2. The van der Waals surface area contributed by atoms with Gasteiger partial charge in [0.1, 0.15) is 12.2 Å². The molecule has 0 fully saturated rings. The first kappa shape index (κ1) is 21.3. The van der Waals surface area contributed by atoms with E-state index in [9.17, 15) is 4.79 Å². The van der Waals surface area contributed by atoms with Crippen LogP contribution in [0.2, 0.25) is 0 Å². The molecule has 0 aliphatic heterocycles. The van der Waals surface area contributed by atoms with Crippen molar-refractivity contribution in [2.45, 2.75) is 18.7 Å². The fourth-order valence-corrected chi connectivity index (χ4v) is 3.96.